The third kappa shape index (κ3) is 3.19. The van der Waals surface area contributed by atoms with Crippen molar-refractivity contribution in [2.75, 3.05) is 24.6 Å². The van der Waals surface area contributed by atoms with Crippen LogP contribution in [-0.4, -0.2) is 54.0 Å². The fourth-order valence-electron chi connectivity index (χ4n) is 3.32. The molecule has 1 aromatic rings. The molecule has 3 heterocycles. The topological polar surface area (TPSA) is 67.6 Å². The molecule has 2 aliphatic heterocycles. The highest BCUT2D eigenvalue weighted by Crippen LogP contribution is 2.26. The second kappa shape index (κ2) is 6.02. The second-order valence-corrected chi connectivity index (χ2v) is 8.57. The Hall–Kier alpha value is -1.37. The van der Waals surface area contributed by atoms with Crippen molar-refractivity contribution >= 4 is 16.1 Å². The Morgan fingerprint density at radius 3 is 2.59 bits per heavy atom. The fraction of sp³-hybridized carbons (Fsp3) is 0.733. The maximum Gasteiger partial charge on any atom is 0.152 e. The van der Waals surface area contributed by atoms with Crippen LogP contribution in [0.25, 0.3) is 0 Å². The molecule has 2 aliphatic rings. The minimum absolute atomic E-state index is 0.0270. The van der Waals surface area contributed by atoms with E-state index in [2.05, 4.69) is 15.2 Å². The zero-order valence-corrected chi connectivity index (χ0v) is 14.1. The lowest BCUT2D eigenvalue weighted by Crippen LogP contribution is -2.24. The molecule has 3 rings (SSSR count). The third-order valence-corrected chi connectivity index (χ3v) is 6.37. The Labute approximate surface area is 132 Å². The molecule has 1 aromatic heterocycles. The van der Waals surface area contributed by atoms with Gasteiger partial charge in [0.2, 0.25) is 0 Å². The van der Waals surface area contributed by atoms with Crippen LogP contribution in [-0.2, 0) is 9.84 Å². The Morgan fingerprint density at radius 2 is 1.95 bits per heavy atom. The summed E-state index contributed by atoms with van der Waals surface area (Å²) in [7, 11) is -2.90. The van der Waals surface area contributed by atoms with Gasteiger partial charge < -0.3 is 0 Å². The van der Waals surface area contributed by atoms with Crippen molar-refractivity contribution in [1.29, 1.82) is 0 Å². The summed E-state index contributed by atoms with van der Waals surface area (Å²) in [4.78, 5) is 0. The highest BCUT2D eigenvalue weighted by atomic mass is 32.2. The van der Waals surface area contributed by atoms with E-state index >= 15 is 0 Å². The highest BCUT2D eigenvalue weighted by molar-refractivity contribution is 7.91. The van der Waals surface area contributed by atoms with Gasteiger partial charge in [-0.25, -0.2) is 8.42 Å². The van der Waals surface area contributed by atoms with Crippen LogP contribution in [0.5, 0.6) is 0 Å². The first-order valence-electron chi connectivity index (χ1n) is 8.01. The zero-order valence-electron chi connectivity index (χ0n) is 13.3. The van der Waals surface area contributed by atoms with Gasteiger partial charge in [-0.05, 0) is 39.5 Å². The van der Waals surface area contributed by atoms with Gasteiger partial charge in [0, 0.05) is 24.3 Å². The van der Waals surface area contributed by atoms with Crippen LogP contribution in [0.1, 0.15) is 48.7 Å². The molecular weight excluding hydrogens is 300 g/mol. The molecule has 7 heteroatoms. The first-order valence-corrected chi connectivity index (χ1v) is 9.83. The summed E-state index contributed by atoms with van der Waals surface area (Å²) < 4.78 is 25.2. The van der Waals surface area contributed by atoms with E-state index in [9.17, 15) is 8.42 Å². The summed E-state index contributed by atoms with van der Waals surface area (Å²) in [5, 5.41) is 11.3. The number of sulfone groups is 1. The van der Waals surface area contributed by atoms with Crippen LogP contribution in [0.3, 0.4) is 0 Å². The first kappa shape index (κ1) is 15.5. The molecule has 0 saturated carbocycles. The Bertz CT molecular complexity index is 672. The summed E-state index contributed by atoms with van der Waals surface area (Å²) in [5.41, 5.74) is 2.96. The molecule has 0 unspecified atom stereocenters. The van der Waals surface area contributed by atoms with Crippen LogP contribution in [0.4, 0.5) is 0 Å². The van der Waals surface area contributed by atoms with E-state index in [1.165, 1.54) is 19.3 Å². The minimum Gasteiger partial charge on any atom is -0.297 e. The lowest BCUT2D eigenvalue weighted by Gasteiger charge is -2.23. The predicted octanol–water partition coefficient (Wildman–Crippen LogP) is 1.68. The Kier molecular flexibility index (Phi) is 4.25. The molecule has 0 N–H and O–H groups in total. The van der Waals surface area contributed by atoms with Crippen molar-refractivity contribution < 1.29 is 8.42 Å². The van der Waals surface area contributed by atoms with E-state index in [1.807, 2.05) is 24.7 Å². The smallest absolute Gasteiger partial charge is 0.152 e. The molecule has 22 heavy (non-hydrogen) atoms. The molecule has 6 nitrogen and oxygen atoms in total. The summed E-state index contributed by atoms with van der Waals surface area (Å²) in [6.45, 7) is 6.00. The molecule has 122 valence electrons. The van der Waals surface area contributed by atoms with Crippen molar-refractivity contribution in [1.82, 2.24) is 14.8 Å². The molecule has 2 saturated heterocycles. The maximum absolute atomic E-state index is 11.7. The van der Waals surface area contributed by atoms with Gasteiger partial charge in [-0.2, -0.15) is 10.2 Å². The monoisotopic (exact) mass is 324 g/mol. The number of aryl methyl sites for hydroxylation is 1. The van der Waals surface area contributed by atoms with Crippen molar-refractivity contribution in [2.24, 2.45) is 5.10 Å². The standard InChI is InChI=1S/C15H24N4O2S/c1-12-15(10-16-18-7-4-3-5-8-18)13(2)19(17-12)14-6-9-22(20,21)11-14/h10,14H,3-9,11H2,1-2H3/b16-10-/t14-/m0/s1. The molecule has 0 amide bonds. The van der Waals surface area contributed by atoms with Crippen LogP contribution in [0, 0.1) is 13.8 Å². The van der Waals surface area contributed by atoms with Gasteiger partial charge >= 0.3 is 0 Å². The Balaban J connectivity index is 1.79. The van der Waals surface area contributed by atoms with E-state index in [4.69, 9.17) is 0 Å². The fourth-order valence-corrected chi connectivity index (χ4v) is 5.01. The predicted molar refractivity (Wildman–Crippen MR) is 87.0 cm³/mol. The van der Waals surface area contributed by atoms with Crippen LogP contribution in [0.15, 0.2) is 5.10 Å². The molecule has 0 bridgehead atoms. The average Bonchev–Trinajstić information content (AvgIpc) is 2.98. The van der Waals surface area contributed by atoms with Crippen LogP contribution < -0.4 is 0 Å². The maximum atomic E-state index is 11.7. The summed E-state index contributed by atoms with van der Waals surface area (Å²) in [6.07, 6.45) is 6.25. The van der Waals surface area contributed by atoms with E-state index in [0.717, 1.165) is 30.0 Å². The highest BCUT2D eigenvalue weighted by Gasteiger charge is 2.31. The molecule has 1 atom stereocenters. The SMILES string of the molecule is Cc1nn([C@H]2CCS(=O)(=O)C2)c(C)c1/C=N\N1CCCCC1. The second-order valence-electron chi connectivity index (χ2n) is 6.34. The number of hydrogen-bond donors (Lipinski definition) is 0. The molecule has 0 aromatic carbocycles. The lowest BCUT2D eigenvalue weighted by molar-refractivity contribution is 0.240. The molecule has 2 fully saturated rings. The van der Waals surface area contributed by atoms with Gasteiger partial charge in [-0.3, -0.25) is 9.69 Å². The normalized spacial score (nSPS) is 25.2. The summed E-state index contributed by atoms with van der Waals surface area (Å²) in [5.74, 6) is 0.477. The lowest BCUT2D eigenvalue weighted by atomic mass is 10.2. The number of piperidine rings is 1. The van der Waals surface area contributed by atoms with E-state index in [-0.39, 0.29) is 17.5 Å². The van der Waals surface area contributed by atoms with Crippen molar-refractivity contribution in [3.8, 4) is 0 Å². The number of hydrogen-bond acceptors (Lipinski definition) is 5. The number of aromatic nitrogens is 2. The molecule has 0 spiro atoms. The quantitative estimate of drug-likeness (QED) is 0.793. The Morgan fingerprint density at radius 1 is 1.23 bits per heavy atom. The van der Waals surface area contributed by atoms with Gasteiger partial charge in [-0.15, -0.1) is 0 Å². The molecule has 0 aliphatic carbocycles. The van der Waals surface area contributed by atoms with Crippen molar-refractivity contribution in [3.05, 3.63) is 17.0 Å². The number of nitrogens with zero attached hydrogens (tertiary/aromatic N) is 4. The van der Waals surface area contributed by atoms with Crippen LogP contribution >= 0.6 is 0 Å². The van der Waals surface area contributed by atoms with Gasteiger partial charge in [0.25, 0.3) is 0 Å². The van der Waals surface area contributed by atoms with Crippen molar-refractivity contribution in [2.45, 2.75) is 45.6 Å². The molecular formula is C15H24N4O2S. The van der Waals surface area contributed by atoms with Gasteiger partial charge in [0.05, 0.1) is 29.5 Å². The summed E-state index contributed by atoms with van der Waals surface area (Å²) in [6, 6.07) is -0.0270. The zero-order chi connectivity index (χ0) is 15.7. The average molecular weight is 324 g/mol. The van der Waals surface area contributed by atoms with Gasteiger partial charge in [0.15, 0.2) is 9.84 Å². The van der Waals surface area contributed by atoms with Gasteiger partial charge in [0.1, 0.15) is 0 Å². The van der Waals surface area contributed by atoms with E-state index in [1.54, 1.807) is 0 Å². The first-order chi connectivity index (χ1) is 10.5. The van der Waals surface area contributed by atoms with Gasteiger partial charge in [-0.1, -0.05) is 0 Å². The third-order valence-electron chi connectivity index (χ3n) is 4.62. The number of rotatable bonds is 3. The number of hydrazone groups is 1. The van der Waals surface area contributed by atoms with E-state index < -0.39 is 9.84 Å². The molecule has 0 radical (unpaired) electrons. The van der Waals surface area contributed by atoms with E-state index in [0.29, 0.717) is 6.42 Å². The largest absolute Gasteiger partial charge is 0.297 e. The minimum atomic E-state index is -2.90. The van der Waals surface area contributed by atoms with Crippen LogP contribution in [0.2, 0.25) is 0 Å². The van der Waals surface area contributed by atoms with Crippen molar-refractivity contribution in [3.63, 3.8) is 0 Å². The summed E-state index contributed by atoms with van der Waals surface area (Å²) >= 11 is 0.